The number of carbonyl (C=O) groups is 2. The molecule has 1 unspecified atom stereocenters. The van der Waals surface area contributed by atoms with Crippen molar-refractivity contribution in [3.8, 4) is 0 Å². The summed E-state index contributed by atoms with van der Waals surface area (Å²) in [6.45, 7) is 3.89. The van der Waals surface area contributed by atoms with E-state index >= 15 is 0 Å². The number of carbonyl (C=O) groups excluding carboxylic acids is 2. The highest BCUT2D eigenvalue weighted by Gasteiger charge is 2.16. The lowest BCUT2D eigenvalue weighted by atomic mass is 10.0. The molecule has 64 heavy (non-hydrogen) atoms. The van der Waals surface area contributed by atoms with E-state index in [1.807, 2.05) is 0 Å². The average molecular weight is 889 g/mol. The van der Waals surface area contributed by atoms with Crippen LogP contribution >= 0.6 is 0 Å². The van der Waals surface area contributed by atoms with Crippen molar-refractivity contribution in [2.45, 2.75) is 251 Å². The first-order valence-electron chi connectivity index (χ1n) is 26.8. The van der Waals surface area contributed by atoms with E-state index in [9.17, 15) is 14.7 Å². The smallest absolute Gasteiger partial charge is 0.306 e. The Hall–Kier alpha value is -3.18. The zero-order valence-corrected chi connectivity index (χ0v) is 41.8. The van der Waals surface area contributed by atoms with E-state index in [2.05, 4.69) is 111 Å². The number of esters is 2. The van der Waals surface area contributed by atoms with Gasteiger partial charge in [-0.1, -0.05) is 239 Å². The van der Waals surface area contributed by atoms with E-state index in [1.165, 1.54) is 122 Å². The fraction of sp³-hybridized carbons (Fsp3) is 0.695. The van der Waals surface area contributed by atoms with Gasteiger partial charge in [0.2, 0.25) is 0 Å². The van der Waals surface area contributed by atoms with Crippen molar-refractivity contribution in [3.05, 3.63) is 97.2 Å². The van der Waals surface area contributed by atoms with Gasteiger partial charge in [0.25, 0.3) is 0 Å². The summed E-state index contributed by atoms with van der Waals surface area (Å²) in [5.41, 5.74) is 0. The van der Waals surface area contributed by atoms with Crippen LogP contribution in [-0.4, -0.2) is 36.4 Å². The highest BCUT2D eigenvalue weighted by atomic mass is 16.6. The summed E-state index contributed by atoms with van der Waals surface area (Å²) >= 11 is 0. The number of ether oxygens (including phenoxy) is 2. The van der Waals surface area contributed by atoms with E-state index in [0.29, 0.717) is 12.8 Å². The lowest BCUT2D eigenvalue weighted by molar-refractivity contribution is -0.161. The minimum Gasteiger partial charge on any atom is -0.462 e. The maximum absolute atomic E-state index is 12.3. The van der Waals surface area contributed by atoms with Crippen LogP contribution < -0.4 is 0 Å². The first kappa shape index (κ1) is 60.8. The van der Waals surface area contributed by atoms with Crippen molar-refractivity contribution in [2.24, 2.45) is 0 Å². The second-order valence-electron chi connectivity index (χ2n) is 17.5. The molecule has 0 aromatic rings. The standard InChI is InChI=1S/C59H100O5/c1-3-5-7-9-11-13-15-17-18-19-20-21-22-23-24-25-26-27-28-29-30-31-32-33-34-35-36-37-38-39-40-42-44-46-48-50-52-54-59(62)64-57(55-60)56-63-58(61)53-51-49-47-45-43-41-16-14-12-10-8-6-4-2/h5-8,11-14,17-18,20-21,23-24,41,43,57,60H,3-4,9-10,15-16,19,22,25-40,42,44-56H2,1-2H3/b7-5-,8-6-,13-11-,14-12-,18-17-,21-20-,24-23-,43-41-. The molecule has 5 nitrogen and oxygen atoms in total. The molecule has 0 saturated carbocycles. The molecular formula is C59H100O5. The number of hydrogen-bond donors (Lipinski definition) is 1. The molecule has 0 aromatic heterocycles. The molecule has 0 aromatic carbocycles. The van der Waals surface area contributed by atoms with Gasteiger partial charge in [-0.05, 0) is 89.9 Å². The summed E-state index contributed by atoms with van der Waals surface area (Å²) in [6, 6.07) is 0. The van der Waals surface area contributed by atoms with Crippen LogP contribution in [0.25, 0.3) is 0 Å². The van der Waals surface area contributed by atoms with Crippen molar-refractivity contribution in [3.63, 3.8) is 0 Å². The van der Waals surface area contributed by atoms with E-state index in [1.54, 1.807) is 0 Å². The summed E-state index contributed by atoms with van der Waals surface area (Å²) in [5.74, 6) is -0.623. The molecule has 0 heterocycles. The zero-order valence-electron chi connectivity index (χ0n) is 41.8. The molecule has 366 valence electrons. The van der Waals surface area contributed by atoms with Gasteiger partial charge in [0.05, 0.1) is 6.61 Å². The Balaban J connectivity index is 3.44. The average Bonchev–Trinajstić information content (AvgIpc) is 3.30. The third-order valence-corrected chi connectivity index (χ3v) is 11.4. The maximum Gasteiger partial charge on any atom is 0.306 e. The summed E-state index contributed by atoms with van der Waals surface area (Å²) in [7, 11) is 0. The largest absolute Gasteiger partial charge is 0.462 e. The summed E-state index contributed by atoms with van der Waals surface area (Å²) in [4.78, 5) is 24.4. The lowest BCUT2D eigenvalue weighted by Crippen LogP contribution is -2.28. The number of hydrogen-bond acceptors (Lipinski definition) is 5. The number of aliphatic hydroxyl groups is 1. The maximum atomic E-state index is 12.3. The van der Waals surface area contributed by atoms with Crippen molar-refractivity contribution >= 4 is 11.9 Å². The number of unbranched alkanes of at least 4 members (excludes halogenated alkanes) is 24. The van der Waals surface area contributed by atoms with Gasteiger partial charge in [-0.3, -0.25) is 9.59 Å². The third-order valence-electron chi connectivity index (χ3n) is 11.4. The Morgan fingerprint density at radius 3 is 0.953 bits per heavy atom. The molecule has 0 bridgehead atoms. The fourth-order valence-electron chi connectivity index (χ4n) is 7.42. The predicted molar refractivity (Wildman–Crippen MR) is 279 cm³/mol. The van der Waals surface area contributed by atoms with Crippen molar-refractivity contribution in [2.75, 3.05) is 13.2 Å². The van der Waals surface area contributed by atoms with Gasteiger partial charge in [0.15, 0.2) is 6.10 Å². The Labute approximate surface area is 396 Å². The summed E-state index contributed by atoms with van der Waals surface area (Å²) in [6.07, 6.45) is 76.8. The SMILES string of the molecule is CC/C=C\C/C=C\C/C=C\C/C=C\C/C=C\CCCCCCCCCCCCCCCCCCCCCCCC(=O)OC(CO)COC(=O)CCCCC/C=C\C/C=C\C/C=C\CC. The topological polar surface area (TPSA) is 72.8 Å². The molecule has 0 rings (SSSR count). The molecule has 0 fully saturated rings. The fourth-order valence-corrected chi connectivity index (χ4v) is 7.42. The van der Waals surface area contributed by atoms with Gasteiger partial charge in [0, 0.05) is 12.8 Å². The van der Waals surface area contributed by atoms with Gasteiger partial charge >= 0.3 is 11.9 Å². The van der Waals surface area contributed by atoms with Crippen LogP contribution in [0.4, 0.5) is 0 Å². The van der Waals surface area contributed by atoms with Crippen molar-refractivity contribution in [1.29, 1.82) is 0 Å². The molecule has 1 atom stereocenters. The van der Waals surface area contributed by atoms with Crippen LogP contribution in [-0.2, 0) is 19.1 Å². The van der Waals surface area contributed by atoms with E-state index in [0.717, 1.165) is 96.3 Å². The Kier molecular flexibility index (Phi) is 51.5. The van der Waals surface area contributed by atoms with E-state index < -0.39 is 6.10 Å². The third kappa shape index (κ3) is 51.5. The van der Waals surface area contributed by atoms with Crippen LogP contribution in [0.3, 0.4) is 0 Å². The number of rotatable bonds is 48. The molecular weight excluding hydrogens is 789 g/mol. The molecule has 0 spiro atoms. The zero-order chi connectivity index (χ0) is 46.3. The van der Waals surface area contributed by atoms with E-state index in [-0.39, 0.29) is 25.2 Å². The Bertz CT molecular complexity index is 1230. The molecule has 0 radical (unpaired) electrons. The van der Waals surface area contributed by atoms with Gasteiger partial charge < -0.3 is 14.6 Å². The van der Waals surface area contributed by atoms with Gasteiger partial charge in [-0.25, -0.2) is 0 Å². The first-order chi connectivity index (χ1) is 31.6. The van der Waals surface area contributed by atoms with Crippen LogP contribution in [0.1, 0.15) is 245 Å². The predicted octanol–water partition coefficient (Wildman–Crippen LogP) is 18.0. The highest BCUT2D eigenvalue weighted by molar-refractivity contribution is 5.70. The van der Waals surface area contributed by atoms with Gasteiger partial charge in [-0.2, -0.15) is 0 Å². The summed E-state index contributed by atoms with van der Waals surface area (Å²) in [5, 5.41) is 9.60. The second kappa shape index (κ2) is 54.2. The second-order valence-corrected chi connectivity index (χ2v) is 17.5. The molecule has 0 amide bonds. The monoisotopic (exact) mass is 889 g/mol. The van der Waals surface area contributed by atoms with Gasteiger partial charge in [0.1, 0.15) is 6.61 Å². The minimum atomic E-state index is -0.786. The first-order valence-corrected chi connectivity index (χ1v) is 26.8. The molecule has 0 aliphatic heterocycles. The number of allylic oxidation sites excluding steroid dienone is 16. The van der Waals surface area contributed by atoms with Crippen LogP contribution in [0, 0.1) is 0 Å². The lowest BCUT2D eigenvalue weighted by Gasteiger charge is -2.15. The normalized spacial score (nSPS) is 13.0. The minimum absolute atomic E-state index is 0.0825. The highest BCUT2D eigenvalue weighted by Crippen LogP contribution is 2.16. The van der Waals surface area contributed by atoms with Crippen LogP contribution in [0.5, 0.6) is 0 Å². The van der Waals surface area contributed by atoms with Crippen LogP contribution in [0.15, 0.2) is 97.2 Å². The van der Waals surface area contributed by atoms with Crippen LogP contribution in [0.2, 0.25) is 0 Å². The Morgan fingerprint density at radius 2 is 0.625 bits per heavy atom. The Morgan fingerprint density at radius 1 is 0.359 bits per heavy atom. The molecule has 0 aliphatic rings. The number of aliphatic hydroxyl groups excluding tert-OH is 1. The quantitative estimate of drug-likeness (QED) is 0.0374. The van der Waals surface area contributed by atoms with E-state index in [4.69, 9.17) is 9.47 Å². The molecule has 1 N–H and O–H groups in total. The van der Waals surface area contributed by atoms with Crippen molar-refractivity contribution < 1.29 is 24.2 Å². The molecule has 0 aliphatic carbocycles. The molecule has 0 saturated heterocycles. The van der Waals surface area contributed by atoms with Gasteiger partial charge in [-0.15, -0.1) is 0 Å². The summed E-state index contributed by atoms with van der Waals surface area (Å²) < 4.78 is 10.6. The molecule has 5 heteroatoms. The van der Waals surface area contributed by atoms with Crippen molar-refractivity contribution in [1.82, 2.24) is 0 Å².